The van der Waals surface area contributed by atoms with Crippen molar-refractivity contribution in [2.45, 2.75) is 57.4 Å². The van der Waals surface area contributed by atoms with Gasteiger partial charge in [0.25, 0.3) is 0 Å². The van der Waals surface area contributed by atoms with Gasteiger partial charge in [-0.05, 0) is 48.9 Å². The van der Waals surface area contributed by atoms with Gasteiger partial charge in [0.15, 0.2) is 5.13 Å². The highest BCUT2D eigenvalue weighted by Gasteiger charge is 2.40. The molecule has 3 aromatic rings. The predicted molar refractivity (Wildman–Crippen MR) is 140 cm³/mol. The van der Waals surface area contributed by atoms with Crippen molar-refractivity contribution in [1.29, 1.82) is 0 Å². The van der Waals surface area contributed by atoms with E-state index in [4.69, 9.17) is 4.74 Å². The van der Waals surface area contributed by atoms with Crippen molar-refractivity contribution in [2.75, 3.05) is 12.0 Å². The Morgan fingerprint density at radius 3 is 2.53 bits per heavy atom. The Balaban J connectivity index is 1.49. The number of carbonyl (C=O) groups excluding carboxylic acids is 1. The Morgan fingerprint density at radius 2 is 1.89 bits per heavy atom. The average molecular weight is 542 g/mol. The fraction of sp³-hybridized carbons (Fsp3) is 0.429. The number of anilines is 1. The van der Waals surface area contributed by atoms with E-state index in [9.17, 15) is 19.1 Å². The minimum Gasteiger partial charge on any atom is -0.481 e. The second-order valence-corrected chi connectivity index (χ2v) is 10.9. The number of amides is 1. The molecule has 0 saturated heterocycles. The predicted octanol–water partition coefficient (Wildman–Crippen LogP) is 6.33. The summed E-state index contributed by atoms with van der Waals surface area (Å²) in [6.45, 7) is 0. The van der Waals surface area contributed by atoms with Crippen LogP contribution in [-0.4, -0.2) is 40.1 Å². The Morgan fingerprint density at radius 1 is 1.13 bits per heavy atom. The number of carboxylic acids is 1. The first-order valence-corrected chi connectivity index (χ1v) is 13.7. The first kappa shape index (κ1) is 26.2. The molecule has 10 heteroatoms. The lowest BCUT2D eigenvalue weighted by Gasteiger charge is -2.26. The summed E-state index contributed by atoms with van der Waals surface area (Å²) in [7, 11) is 1.50. The first-order valence-electron chi connectivity index (χ1n) is 12.9. The molecule has 2 aliphatic carbocycles. The number of ether oxygens (including phenoxy) is 1. The van der Waals surface area contributed by atoms with Crippen molar-refractivity contribution in [3.05, 3.63) is 47.5 Å². The van der Waals surface area contributed by atoms with Crippen LogP contribution >= 0.6 is 11.3 Å². The quantitative estimate of drug-likeness (QED) is 0.323. The highest BCUT2D eigenvalue weighted by molar-refractivity contribution is 7.14. The summed E-state index contributed by atoms with van der Waals surface area (Å²) in [5.41, 5.74) is 1.35. The van der Waals surface area contributed by atoms with Crippen LogP contribution in [0.5, 0.6) is 5.88 Å². The number of hydrogen-bond donors (Lipinski definition) is 1. The van der Waals surface area contributed by atoms with E-state index in [1.54, 1.807) is 24.4 Å². The van der Waals surface area contributed by atoms with Crippen LogP contribution in [0.15, 0.2) is 36.5 Å². The fourth-order valence-electron chi connectivity index (χ4n) is 5.28. The van der Waals surface area contributed by atoms with Crippen molar-refractivity contribution >= 4 is 28.3 Å². The van der Waals surface area contributed by atoms with Gasteiger partial charge in [0.2, 0.25) is 16.9 Å². The summed E-state index contributed by atoms with van der Waals surface area (Å²) in [6.07, 6.45) is 7.45. The fourth-order valence-corrected chi connectivity index (χ4v) is 6.16. The molecule has 200 valence electrons. The maximum absolute atomic E-state index is 15.5. The van der Waals surface area contributed by atoms with Gasteiger partial charge in [-0.2, -0.15) is 4.39 Å². The molecule has 0 spiro atoms. The van der Waals surface area contributed by atoms with E-state index in [1.807, 2.05) is 0 Å². The number of methoxy groups -OCH3 is 1. The number of thiazole rings is 1. The van der Waals surface area contributed by atoms with Gasteiger partial charge in [-0.3, -0.25) is 14.5 Å². The molecule has 1 amide bonds. The number of halogens is 2. The minimum absolute atomic E-state index is 0.0562. The number of benzene rings is 1. The first-order chi connectivity index (χ1) is 18.3. The number of rotatable bonds is 10. The topological polar surface area (TPSA) is 92.6 Å². The van der Waals surface area contributed by atoms with Gasteiger partial charge in [-0.1, -0.05) is 43.1 Å². The van der Waals surface area contributed by atoms with Crippen molar-refractivity contribution in [3.8, 4) is 28.3 Å². The number of nitrogens with zero attached hydrogens (tertiary/aromatic N) is 3. The molecule has 2 saturated carbocycles. The molecule has 0 bridgehead atoms. The van der Waals surface area contributed by atoms with Gasteiger partial charge in [0.1, 0.15) is 11.5 Å². The SMILES string of the molecule is COc1ccc(-c2ccc(F)cc2-c2nc(N(C(=O)C(CC(=O)O)CC3CCCC3)C3CC3)sc2F)cn1. The molecule has 7 nitrogen and oxygen atoms in total. The smallest absolute Gasteiger partial charge is 0.304 e. The van der Waals surface area contributed by atoms with Crippen LogP contribution < -0.4 is 9.64 Å². The van der Waals surface area contributed by atoms with Crippen LogP contribution in [0.25, 0.3) is 22.4 Å². The van der Waals surface area contributed by atoms with Crippen molar-refractivity contribution < 1.29 is 28.2 Å². The zero-order chi connectivity index (χ0) is 26.8. The van der Waals surface area contributed by atoms with E-state index in [0.29, 0.717) is 29.3 Å². The zero-order valence-corrected chi connectivity index (χ0v) is 21.8. The van der Waals surface area contributed by atoms with E-state index < -0.39 is 22.8 Å². The molecule has 1 N–H and O–H groups in total. The van der Waals surface area contributed by atoms with E-state index in [0.717, 1.165) is 49.9 Å². The number of aromatic nitrogens is 2. The normalized spacial score (nSPS) is 16.4. The van der Waals surface area contributed by atoms with Gasteiger partial charge in [0, 0.05) is 35.3 Å². The number of carbonyl (C=O) groups is 2. The molecular weight excluding hydrogens is 512 g/mol. The number of pyridine rings is 1. The van der Waals surface area contributed by atoms with Crippen LogP contribution in [0, 0.1) is 22.8 Å². The molecule has 0 aliphatic heterocycles. The molecule has 5 rings (SSSR count). The van der Waals surface area contributed by atoms with E-state index >= 15 is 4.39 Å². The summed E-state index contributed by atoms with van der Waals surface area (Å²) in [4.78, 5) is 35.6. The van der Waals surface area contributed by atoms with Crippen LogP contribution in [0.4, 0.5) is 13.9 Å². The minimum atomic E-state index is -1.03. The largest absolute Gasteiger partial charge is 0.481 e. The molecule has 2 aromatic heterocycles. The van der Waals surface area contributed by atoms with Crippen molar-refractivity contribution in [1.82, 2.24) is 9.97 Å². The van der Waals surface area contributed by atoms with Crippen LogP contribution in [0.3, 0.4) is 0 Å². The second-order valence-electron chi connectivity index (χ2n) is 10.0. The lowest BCUT2D eigenvalue weighted by atomic mass is 9.90. The van der Waals surface area contributed by atoms with Crippen LogP contribution in [0.2, 0.25) is 0 Å². The van der Waals surface area contributed by atoms with Crippen LogP contribution in [-0.2, 0) is 9.59 Å². The Hall–Kier alpha value is -3.40. The Bertz CT molecular complexity index is 1320. The van der Waals surface area contributed by atoms with Gasteiger partial charge in [0.05, 0.1) is 13.5 Å². The highest BCUT2D eigenvalue weighted by atomic mass is 32.1. The maximum Gasteiger partial charge on any atom is 0.304 e. The summed E-state index contributed by atoms with van der Waals surface area (Å²) in [5.74, 6) is -1.86. The highest BCUT2D eigenvalue weighted by Crippen LogP contribution is 2.42. The van der Waals surface area contributed by atoms with Crippen LogP contribution in [0.1, 0.15) is 51.4 Å². The summed E-state index contributed by atoms with van der Waals surface area (Å²) in [6, 6.07) is 7.31. The third-order valence-corrected chi connectivity index (χ3v) is 8.13. The molecule has 1 atom stereocenters. The molecule has 0 radical (unpaired) electrons. The molecule has 1 aromatic carbocycles. The standard InChI is InChI=1S/C28H29F2N3O4S/c1-37-23-11-6-17(15-31-23)21-10-7-19(29)14-22(21)25-26(30)38-28(32-25)33(20-8-9-20)27(36)18(13-24(34)35)12-16-4-2-3-5-16/h6-7,10-11,14-16,18,20H,2-5,8-9,12-13H2,1H3,(H,34,35). The molecular formula is C28H29F2N3O4S. The Labute approximate surface area is 223 Å². The monoisotopic (exact) mass is 541 g/mol. The molecule has 1 unspecified atom stereocenters. The molecule has 38 heavy (non-hydrogen) atoms. The second kappa shape index (κ2) is 11.1. The van der Waals surface area contributed by atoms with Gasteiger partial charge in [-0.15, -0.1) is 0 Å². The Kier molecular flexibility index (Phi) is 7.69. The molecule has 2 aliphatic rings. The number of carboxylic acid groups (broad SMARTS) is 1. The van der Waals surface area contributed by atoms with Crippen molar-refractivity contribution in [2.24, 2.45) is 11.8 Å². The number of hydrogen-bond acceptors (Lipinski definition) is 6. The average Bonchev–Trinajstić information content (AvgIpc) is 3.45. The number of aliphatic carboxylic acids is 1. The third-order valence-electron chi connectivity index (χ3n) is 7.29. The third kappa shape index (κ3) is 5.70. The molecule has 2 fully saturated rings. The maximum atomic E-state index is 15.5. The zero-order valence-electron chi connectivity index (χ0n) is 21.0. The molecule has 2 heterocycles. The van der Waals surface area contributed by atoms with Gasteiger partial charge in [-0.25, -0.2) is 14.4 Å². The summed E-state index contributed by atoms with van der Waals surface area (Å²) in [5, 5.41) is 9.05. The van der Waals surface area contributed by atoms with Gasteiger partial charge < -0.3 is 9.84 Å². The summed E-state index contributed by atoms with van der Waals surface area (Å²) >= 11 is 0.731. The van der Waals surface area contributed by atoms with E-state index in [2.05, 4.69) is 9.97 Å². The van der Waals surface area contributed by atoms with Gasteiger partial charge >= 0.3 is 5.97 Å². The lowest BCUT2D eigenvalue weighted by Crippen LogP contribution is -2.39. The lowest BCUT2D eigenvalue weighted by molar-refractivity contribution is -0.141. The van der Waals surface area contributed by atoms with E-state index in [1.165, 1.54) is 24.1 Å². The van der Waals surface area contributed by atoms with E-state index in [-0.39, 0.29) is 34.8 Å². The summed E-state index contributed by atoms with van der Waals surface area (Å²) < 4.78 is 34.9. The van der Waals surface area contributed by atoms with Crippen molar-refractivity contribution in [3.63, 3.8) is 0 Å².